The van der Waals surface area contributed by atoms with Crippen molar-refractivity contribution in [3.63, 3.8) is 0 Å². The first-order valence-electron chi connectivity index (χ1n) is 5.56. The molecule has 1 heterocycles. The van der Waals surface area contributed by atoms with Gasteiger partial charge in [0.25, 0.3) is 5.69 Å². The van der Waals surface area contributed by atoms with Crippen LogP contribution in [0.25, 0.3) is 5.69 Å². The van der Waals surface area contributed by atoms with Crippen LogP contribution in [0.15, 0.2) is 18.2 Å². The molecular formula is C12H10ClN3O4. The molecule has 0 bridgehead atoms. The van der Waals surface area contributed by atoms with Gasteiger partial charge in [-0.15, -0.1) is 0 Å². The number of rotatable bonds is 3. The molecule has 0 atom stereocenters. The third-order valence-corrected chi connectivity index (χ3v) is 3.18. The van der Waals surface area contributed by atoms with Gasteiger partial charge in [-0.1, -0.05) is 11.6 Å². The molecule has 2 aromatic rings. The number of halogens is 1. The second-order valence-electron chi connectivity index (χ2n) is 4.16. The summed E-state index contributed by atoms with van der Waals surface area (Å²) in [5, 5.41) is 24.0. The maximum Gasteiger partial charge on any atom is 0.339 e. The summed E-state index contributed by atoms with van der Waals surface area (Å²) < 4.78 is 1.37. The zero-order valence-corrected chi connectivity index (χ0v) is 11.4. The Kier molecular flexibility index (Phi) is 3.46. The summed E-state index contributed by atoms with van der Waals surface area (Å²) in [6, 6.07) is 3.93. The Balaban J connectivity index is 2.61. The summed E-state index contributed by atoms with van der Waals surface area (Å²) in [5.41, 5.74) is 1.11. The quantitative estimate of drug-likeness (QED) is 0.693. The lowest BCUT2D eigenvalue weighted by Crippen LogP contribution is -2.03. The Labute approximate surface area is 118 Å². The molecular weight excluding hydrogens is 286 g/mol. The predicted octanol–water partition coefficient (Wildman–Crippen LogP) is 2.75. The summed E-state index contributed by atoms with van der Waals surface area (Å²) in [6.07, 6.45) is 0. The molecule has 0 fully saturated rings. The van der Waals surface area contributed by atoms with E-state index in [0.717, 1.165) is 0 Å². The van der Waals surface area contributed by atoms with Crippen molar-refractivity contribution in [2.24, 2.45) is 0 Å². The fraction of sp³-hybridized carbons (Fsp3) is 0.167. The number of aryl methyl sites for hydroxylation is 1. The number of nitrogens with zero attached hydrogens (tertiary/aromatic N) is 3. The zero-order valence-electron chi connectivity index (χ0n) is 10.6. The first-order chi connectivity index (χ1) is 9.32. The molecule has 0 saturated heterocycles. The maximum absolute atomic E-state index is 11.1. The van der Waals surface area contributed by atoms with Crippen LogP contribution in [0.3, 0.4) is 0 Å². The summed E-state index contributed by atoms with van der Waals surface area (Å²) in [4.78, 5) is 21.2. The molecule has 1 N–H and O–H groups in total. The summed E-state index contributed by atoms with van der Waals surface area (Å²) in [7, 11) is 0. The standard InChI is InChI=1S/C12H10ClN3O4/c1-6-11(12(17)18)7(2)15(14-6)10-4-3-8(16(19)20)5-9(10)13/h3-5H,1-2H3,(H,17,18). The van der Waals surface area contributed by atoms with Gasteiger partial charge in [-0.3, -0.25) is 10.1 Å². The van der Waals surface area contributed by atoms with Gasteiger partial charge in [-0.05, 0) is 19.9 Å². The van der Waals surface area contributed by atoms with Crippen LogP contribution in [0.5, 0.6) is 0 Å². The number of carbonyl (C=O) groups is 1. The maximum atomic E-state index is 11.1. The van der Waals surface area contributed by atoms with Crippen LogP contribution in [0.4, 0.5) is 5.69 Å². The summed E-state index contributed by atoms with van der Waals surface area (Å²) >= 11 is 6.01. The Morgan fingerprint density at radius 2 is 2.10 bits per heavy atom. The van der Waals surface area contributed by atoms with E-state index in [2.05, 4.69) is 5.10 Å². The van der Waals surface area contributed by atoms with Crippen LogP contribution < -0.4 is 0 Å². The van der Waals surface area contributed by atoms with Gasteiger partial charge in [0.05, 0.1) is 27.0 Å². The highest BCUT2D eigenvalue weighted by atomic mass is 35.5. The average molecular weight is 296 g/mol. The van der Waals surface area contributed by atoms with Crippen molar-refractivity contribution in [3.05, 3.63) is 50.3 Å². The highest BCUT2D eigenvalue weighted by Crippen LogP contribution is 2.27. The van der Waals surface area contributed by atoms with Crippen molar-refractivity contribution >= 4 is 23.3 Å². The normalized spacial score (nSPS) is 10.6. The van der Waals surface area contributed by atoms with Gasteiger partial charge < -0.3 is 5.11 Å². The largest absolute Gasteiger partial charge is 0.478 e. The molecule has 0 aliphatic heterocycles. The topological polar surface area (TPSA) is 98.3 Å². The number of nitro groups is 1. The van der Waals surface area contributed by atoms with E-state index < -0.39 is 10.9 Å². The van der Waals surface area contributed by atoms with Gasteiger partial charge in [-0.25, -0.2) is 9.48 Å². The Morgan fingerprint density at radius 3 is 2.55 bits per heavy atom. The van der Waals surface area contributed by atoms with Crippen LogP contribution in [0.1, 0.15) is 21.7 Å². The number of benzene rings is 1. The van der Waals surface area contributed by atoms with Crippen LogP contribution in [0, 0.1) is 24.0 Å². The lowest BCUT2D eigenvalue weighted by Gasteiger charge is -2.06. The van der Waals surface area contributed by atoms with Crippen molar-refractivity contribution in [2.75, 3.05) is 0 Å². The van der Waals surface area contributed by atoms with E-state index in [4.69, 9.17) is 16.7 Å². The summed E-state index contributed by atoms with van der Waals surface area (Å²) in [6.45, 7) is 3.17. The average Bonchev–Trinajstić information content (AvgIpc) is 2.64. The molecule has 0 spiro atoms. The van der Waals surface area contributed by atoms with Crippen LogP contribution in [-0.2, 0) is 0 Å². The van der Waals surface area contributed by atoms with Crippen molar-refractivity contribution in [1.82, 2.24) is 9.78 Å². The van der Waals surface area contributed by atoms with E-state index in [0.29, 0.717) is 17.1 Å². The molecule has 0 aliphatic carbocycles. The number of hydrogen-bond acceptors (Lipinski definition) is 4. The van der Waals surface area contributed by atoms with Crippen LogP contribution in [-0.4, -0.2) is 25.8 Å². The molecule has 0 saturated carbocycles. The van der Waals surface area contributed by atoms with E-state index >= 15 is 0 Å². The first-order valence-corrected chi connectivity index (χ1v) is 5.94. The number of hydrogen-bond donors (Lipinski definition) is 1. The van der Waals surface area contributed by atoms with Crippen molar-refractivity contribution in [1.29, 1.82) is 0 Å². The number of nitro benzene ring substituents is 1. The van der Waals surface area contributed by atoms with Gasteiger partial charge in [-0.2, -0.15) is 5.10 Å². The molecule has 104 valence electrons. The number of carboxylic acid groups (broad SMARTS) is 1. The van der Waals surface area contributed by atoms with Gasteiger partial charge in [0, 0.05) is 12.1 Å². The minimum atomic E-state index is -1.08. The second kappa shape index (κ2) is 4.93. The zero-order chi connectivity index (χ0) is 15.0. The van der Waals surface area contributed by atoms with E-state index in [9.17, 15) is 14.9 Å². The van der Waals surface area contributed by atoms with Gasteiger partial charge in [0.2, 0.25) is 0 Å². The van der Waals surface area contributed by atoms with Gasteiger partial charge >= 0.3 is 5.97 Å². The van der Waals surface area contributed by atoms with Crippen molar-refractivity contribution in [2.45, 2.75) is 13.8 Å². The predicted molar refractivity (Wildman–Crippen MR) is 71.7 cm³/mol. The molecule has 0 amide bonds. The number of carboxylic acids is 1. The smallest absolute Gasteiger partial charge is 0.339 e. The molecule has 7 nitrogen and oxygen atoms in total. The third kappa shape index (κ3) is 2.23. The second-order valence-corrected chi connectivity index (χ2v) is 4.56. The summed E-state index contributed by atoms with van der Waals surface area (Å²) in [5.74, 6) is -1.08. The number of aromatic nitrogens is 2. The van der Waals surface area contributed by atoms with Gasteiger partial charge in [0.1, 0.15) is 5.56 Å². The van der Waals surface area contributed by atoms with Crippen LogP contribution in [0.2, 0.25) is 5.02 Å². The molecule has 1 aromatic heterocycles. The molecule has 1 aromatic carbocycles. The van der Waals surface area contributed by atoms with E-state index in [1.165, 1.54) is 22.9 Å². The molecule has 20 heavy (non-hydrogen) atoms. The van der Waals surface area contributed by atoms with Crippen LogP contribution >= 0.6 is 11.6 Å². The molecule has 0 radical (unpaired) electrons. The Morgan fingerprint density at radius 1 is 1.45 bits per heavy atom. The van der Waals surface area contributed by atoms with E-state index in [-0.39, 0.29) is 16.3 Å². The molecule has 2 rings (SSSR count). The van der Waals surface area contributed by atoms with Crippen molar-refractivity contribution < 1.29 is 14.8 Å². The first kappa shape index (κ1) is 14.0. The monoisotopic (exact) mass is 295 g/mol. The number of aromatic carboxylic acids is 1. The number of non-ortho nitro benzene ring substituents is 1. The Bertz CT molecular complexity index is 724. The van der Waals surface area contributed by atoms with E-state index in [1.54, 1.807) is 13.8 Å². The SMILES string of the molecule is Cc1nn(-c2ccc([N+](=O)[O-])cc2Cl)c(C)c1C(=O)O. The minimum Gasteiger partial charge on any atom is -0.478 e. The lowest BCUT2D eigenvalue weighted by molar-refractivity contribution is -0.384. The van der Waals surface area contributed by atoms with Crippen molar-refractivity contribution in [3.8, 4) is 5.69 Å². The fourth-order valence-corrected chi connectivity index (χ4v) is 2.22. The lowest BCUT2D eigenvalue weighted by atomic mass is 10.2. The Hall–Kier alpha value is -2.41. The highest BCUT2D eigenvalue weighted by Gasteiger charge is 2.20. The minimum absolute atomic E-state index is 0.0967. The molecule has 0 aliphatic rings. The molecule has 0 unspecified atom stereocenters. The molecule has 8 heteroatoms. The highest BCUT2D eigenvalue weighted by molar-refractivity contribution is 6.32. The van der Waals surface area contributed by atoms with Gasteiger partial charge in [0.15, 0.2) is 0 Å². The van der Waals surface area contributed by atoms with E-state index in [1.807, 2.05) is 0 Å². The third-order valence-electron chi connectivity index (χ3n) is 2.88. The fourth-order valence-electron chi connectivity index (χ4n) is 1.97.